The maximum absolute atomic E-state index is 13.4. The number of halogens is 3. The number of Topliss-reactive ketones (excluding diaryl/α,β-unsaturated/α-hetero) is 1. The largest absolute Gasteiger partial charge is 0.357 e. The predicted octanol–water partition coefficient (Wildman–Crippen LogP) is 2.67. The van der Waals surface area contributed by atoms with E-state index >= 15 is 0 Å². The zero-order valence-corrected chi connectivity index (χ0v) is 14.4. The lowest BCUT2D eigenvalue weighted by Gasteiger charge is -2.18. The van der Waals surface area contributed by atoms with Crippen molar-refractivity contribution in [3.63, 3.8) is 0 Å². The lowest BCUT2D eigenvalue weighted by Crippen LogP contribution is -2.39. The summed E-state index contributed by atoms with van der Waals surface area (Å²) in [5, 5.41) is 4.72. The molecule has 0 aliphatic rings. The second-order valence-corrected chi connectivity index (χ2v) is 5.72. The normalized spacial score (nSPS) is 11.6. The smallest absolute Gasteiger partial charge is 0.246 e. The molecule has 0 fully saturated rings. The molecule has 0 aliphatic carbocycles. The molecule has 2 amide bonds. The number of hydrogen-bond acceptors (Lipinski definition) is 3. The van der Waals surface area contributed by atoms with E-state index in [1.165, 1.54) is 25.2 Å². The lowest BCUT2D eigenvalue weighted by atomic mass is 10.0. The number of hydrogen-bond donors (Lipinski definition) is 2. The van der Waals surface area contributed by atoms with Crippen molar-refractivity contribution in [2.75, 3.05) is 7.05 Å². The van der Waals surface area contributed by atoms with Crippen LogP contribution in [0.3, 0.4) is 0 Å². The van der Waals surface area contributed by atoms with E-state index in [-0.39, 0.29) is 29.8 Å². The zero-order valence-electron chi connectivity index (χ0n) is 14.4. The summed E-state index contributed by atoms with van der Waals surface area (Å²) < 4.78 is 39.4. The van der Waals surface area contributed by atoms with Crippen LogP contribution in [0.4, 0.5) is 13.2 Å². The first kappa shape index (κ1) is 20.2. The molecule has 2 rings (SSSR count). The third-order valence-corrected chi connectivity index (χ3v) is 3.84. The molecule has 1 atom stereocenters. The molecule has 0 heterocycles. The van der Waals surface area contributed by atoms with Crippen LogP contribution < -0.4 is 10.6 Å². The Morgan fingerprint density at radius 1 is 0.926 bits per heavy atom. The molecule has 0 spiro atoms. The Balaban J connectivity index is 2.03. The number of likely N-dealkylation sites (N-methyl/N-ethyl adjacent to an activating group) is 1. The fourth-order valence-electron chi connectivity index (χ4n) is 2.38. The summed E-state index contributed by atoms with van der Waals surface area (Å²) in [4.78, 5) is 36.1. The number of benzene rings is 2. The minimum Gasteiger partial charge on any atom is -0.357 e. The van der Waals surface area contributed by atoms with Gasteiger partial charge in [0.15, 0.2) is 17.4 Å². The summed E-state index contributed by atoms with van der Waals surface area (Å²) in [5.41, 5.74) is 0.319. The number of carbonyl (C=O) groups excluding carboxylic acids is 3. The van der Waals surface area contributed by atoms with Gasteiger partial charge in [0.2, 0.25) is 11.8 Å². The first-order chi connectivity index (χ1) is 12.8. The van der Waals surface area contributed by atoms with E-state index in [2.05, 4.69) is 10.6 Å². The van der Waals surface area contributed by atoms with Crippen LogP contribution in [0.15, 0.2) is 42.5 Å². The van der Waals surface area contributed by atoms with Crippen molar-refractivity contribution in [2.24, 2.45) is 0 Å². The highest BCUT2D eigenvalue weighted by Crippen LogP contribution is 2.17. The van der Waals surface area contributed by atoms with Crippen LogP contribution in [-0.2, 0) is 9.59 Å². The molecule has 27 heavy (non-hydrogen) atoms. The van der Waals surface area contributed by atoms with Crippen molar-refractivity contribution in [1.29, 1.82) is 0 Å². The van der Waals surface area contributed by atoms with Gasteiger partial charge >= 0.3 is 0 Å². The molecule has 0 aromatic heterocycles. The van der Waals surface area contributed by atoms with Crippen LogP contribution in [0.25, 0.3) is 0 Å². The number of nitrogens with one attached hydrogen (secondary N) is 2. The van der Waals surface area contributed by atoms with E-state index in [0.29, 0.717) is 0 Å². The SMILES string of the molecule is CNC(=O)C(NC(=O)CCC(=O)c1ccc(F)cc1)c1ccc(F)c(F)c1. The average Bonchev–Trinajstić information content (AvgIpc) is 2.66. The van der Waals surface area contributed by atoms with Crippen LogP contribution in [0.5, 0.6) is 0 Å². The van der Waals surface area contributed by atoms with Gasteiger partial charge in [-0.25, -0.2) is 13.2 Å². The van der Waals surface area contributed by atoms with Crippen molar-refractivity contribution >= 4 is 17.6 Å². The van der Waals surface area contributed by atoms with E-state index in [1.807, 2.05) is 0 Å². The van der Waals surface area contributed by atoms with E-state index in [4.69, 9.17) is 0 Å². The van der Waals surface area contributed by atoms with Gasteiger partial charge in [-0.1, -0.05) is 6.07 Å². The van der Waals surface area contributed by atoms with Crippen LogP contribution >= 0.6 is 0 Å². The molecule has 8 heteroatoms. The highest BCUT2D eigenvalue weighted by molar-refractivity contribution is 5.98. The monoisotopic (exact) mass is 378 g/mol. The summed E-state index contributed by atoms with van der Waals surface area (Å²) in [7, 11) is 1.33. The molecule has 2 aromatic rings. The molecule has 0 saturated heterocycles. The molecule has 0 aliphatic heterocycles. The van der Waals surface area contributed by atoms with Gasteiger partial charge in [0.25, 0.3) is 0 Å². The molecule has 2 N–H and O–H groups in total. The van der Waals surface area contributed by atoms with Gasteiger partial charge in [-0.3, -0.25) is 14.4 Å². The maximum atomic E-state index is 13.4. The van der Waals surface area contributed by atoms with Gasteiger partial charge < -0.3 is 10.6 Å². The van der Waals surface area contributed by atoms with Crippen molar-refractivity contribution < 1.29 is 27.6 Å². The number of carbonyl (C=O) groups is 3. The summed E-state index contributed by atoms with van der Waals surface area (Å²) >= 11 is 0. The molecule has 0 radical (unpaired) electrons. The second-order valence-electron chi connectivity index (χ2n) is 5.72. The Morgan fingerprint density at radius 3 is 2.19 bits per heavy atom. The summed E-state index contributed by atoms with van der Waals surface area (Å²) in [6.45, 7) is 0. The minimum atomic E-state index is -1.24. The van der Waals surface area contributed by atoms with E-state index < -0.39 is 35.3 Å². The van der Waals surface area contributed by atoms with Crippen LogP contribution in [0, 0.1) is 17.5 Å². The number of amides is 2. The Kier molecular flexibility index (Phi) is 6.70. The van der Waals surface area contributed by atoms with Crippen molar-refractivity contribution in [3.05, 3.63) is 71.0 Å². The summed E-state index contributed by atoms with van der Waals surface area (Å²) in [5.74, 6) is -4.32. The Labute approximate surface area is 153 Å². The minimum absolute atomic E-state index is 0.0615. The highest BCUT2D eigenvalue weighted by atomic mass is 19.2. The van der Waals surface area contributed by atoms with Gasteiger partial charge in [0.05, 0.1) is 0 Å². The molecule has 2 aromatic carbocycles. The summed E-state index contributed by atoms with van der Waals surface area (Å²) in [6.07, 6.45) is -0.386. The fraction of sp³-hybridized carbons (Fsp3) is 0.211. The Hall–Kier alpha value is -3.16. The standard InChI is InChI=1S/C19H17F3N2O3/c1-23-19(27)18(12-4-7-14(21)15(22)10-12)24-17(26)9-8-16(25)11-2-5-13(20)6-3-11/h2-7,10,18H,8-9H2,1H3,(H,23,27)(H,24,26). The number of ketones is 1. The van der Waals surface area contributed by atoms with E-state index in [9.17, 15) is 27.6 Å². The van der Waals surface area contributed by atoms with E-state index in [1.54, 1.807) is 0 Å². The zero-order chi connectivity index (χ0) is 20.0. The van der Waals surface area contributed by atoms with Gasteiger partial charge in [-0.05, 0) is 42.0 Å². The first-order valence-electron chi connectivity index (χ1n) is 8.06. The average molecular weight is 378 g/mol. The molecule has 1 unspecified atom stereocenters. The fourth-order valence-corrected chi connectivity index (χ4v) is 2.38. The third kappa shape index (κ3) is 5.40. The Bertz CT molecular complexity index is 854. The third-order valence-electron chi connectivity index (χ3n) is 3.84. The molecule has 0 saturated carbocycles. The molecular weight excluding hydrogens is 361 g/mol. The maximum Gasteiger partial charge on any atom is 0.246 e. The molecule has 0 bridgehead atoms. The van der Waals surface area contributed by atoms with Crippen molar-refractivity contribution in [2.45, 2.75) is 18.9 Å². The quantitative estimate of drug-likeness (QED) is 0.728. The van der Waals surface area contributed by atoms with Gasteiger partial charge in [0.1, 0.15) is 11.9 Å². The van der Waals surface area contributed by atoms with Gasteiger partial charge in [-0.15, -0.1) is 0 Å². The van der Waals surface area contributed by atoms with Crippen molar-refractivity contribution in [1.82, 2.24) is 10.6 Å². The van der Waals surface area contributed by atoms with Crippen molar-refractivity contribution in [3.8, 4) is 0 Å². The van der Waals surface area contributed by atoms with Gasteiger partial charge in [0, 0.05) is 25.5 Å². The Morgan fingerprint density at radius 2 is 1.59 bits per heavy atom. The second kappa shape index (κ2) is 8.98. The molecule has 142 valence electrons. The predicted molar refractivity (Wildman–Crippen MR) is 91.3 cm³/mol. The van der Waals surface area contributed by atoms with E-state index in [0.717, 1.165) is 24.3 Å². The first-order valence-corrected chi connectivity index (χ1v) is 8.06. The molecule has 5 nitrogen and oxygen atoms in total. The summed E-state index contributed by atoms with van der Waals surface area (Å²) in [6, 6.07) is 6.51. The lowest BCUT2D eigenvalue weighted by molar-refractivity contribution is -0.128. The number of rotatable bonds is 7. The van der Waals surface area contributed by atoms with Crippen LogP contribution in [0.1, 0.15) is 34.8 Å². The van der Waals surface area contributed by atoms with Crippen LogP contribution in [0.2, 0.25) is 0 Å². The highest BCUT2D eigenvalue weighted by Gasteiger charge is 2.23. The topological polar surface area (TPSA) is 75.3 Å². The van der Waals surface area contributed by atoms with Crippen LogP contribution in [-0.4, -0.2) is 24.6 Å². The van der Waals surface area contributed by atoms with Gasteiger partial charge in [-0.2, -0.15) is 0 Å². The molecular formula is C19H17F3N2O3.